The largest absolute Gasteiger partial charge is 0.323 e. The van der Waals surface area contributed by atoms with Crippen LogP contribution in [0.1, 0.15) is 50.8 Å². The van der Waals surface area contributed by atoms with E-state index < -0.39 is 0 Å². The molecule has 2 N–H and O–H groups in total. The minimum atomic E-state index is 0.205. The zero-order chi connectivity index (χ0) is 12.5. The topological polar surface area (TPSA) is 26.0 Å². The monoisotopic (exact) mass is 249 g/mol. The van der Waals surface area contributed by atoms with Gasteiger partial charge in [-0.2, -0.15) is 11.8 Å². The normalized spacial score (nSPS) is 22.7. The van der Waals surface area contributed by atoms with Crippen LogP contribution >= 0.6 is 11.8 Å². The van der Waals surface area contributed by atoms with Crippen LogP contribution in [0.4, 0.5) is 0 Å². The first kappa shape index (κ1) is 13.0. The number of thioether (sulfide) groups is 1. The Morgan fingerprint density at radius 2 is 1.88 bits per heavy atom. The van der Waals surface area contributed by atoms with Gasteiger partial charge in [0.1, 0.15) is 0 Å². The van der Waals surface area contributed by atoms with Crippen LogP contribution in [0, 0.1) is 0 Å². The SMILES string of the molecule is CC(C)(C)c1ccc(C(N)C2CCCS2)cc1. The third-order valence-electron chi connectivity index (χ3n) is 3.53. The highest BCUT2D eigenvalue weighted by atomic mass is 32.2. The molecule has 17 heavy (non-hydrogen) atoms. The quantitative estimate of drug-likeness (QED) is 0.861. The molecule has 0 aliphatic carbocycles. The summed E-state index contributed by atoms with van der Waals surface area (Å²) in [4.78, 5) is 0. The lowest BCUT2D eigenvalue weighted by Gasteiger charge is -2.22. The van der Waals surface area contributed by atoms with Gasteiger partial charge in [-0.25, -0.2) is 0 Å². The van der Waals surface area contributed by atoms with Crippen LogP contribution < -0.4 is 5.73 Å². The lowest BCUT2D eigenvalue weighted by Crippen LogP contribution is -2.21. The van der Waals surface area contributed by atoms with Gasteiger partial charge in [-0.15, -0.1) is 0 Å². The molecule has 1 aromatic carbocycles. The predicted molar refractivity (Wildman–Crippen MR) is 77.6 cm³/mol. The highest BCUT2D eigenvalue weighted by molar-refractivity contribution is 8.00. The first-order valence-electron chi connectivity index (χ1n) is 6.46. The van der Waals surface area contributed by atoms with E-state index in [1.165, 1.54) is 29.7 Å². The fourth-order valence-electron chi connectivity index (χ4n) is 2.31. The molecule has 2 heteroatoms. The maximum absolute atomic E-state index is 6.34. The Bertz CT molecular complexity index is 358. The van der Waals surface area contributed by atoms with E-state index in [1.807, 2.05) is 11.8 Å². The molecule has 0 radical (unpaired) electrons. The summed E-state index contributed by atoms with van der Waals surface area (Å²) >= 11 is 2.03. The molecule has 1 aliphatic rings. The molecule has 2 atom stereocenters. The first-order valence-corrected chi connectivity index (χ1v) is 7.51. The maximum Gasteiger partial charge on any atom is 0.0415 e. The van der Waals surface area contributed by atoms with E-state index in [0.29, 0.717) is 5.25 Å². The Hall–Kier alpha value is -0.470. The molecule has 1 aromatic rings. The van der Waals surface area contributed by atoms with Crippen molar-refractivity contribution >= 4 is 11.8 Å². The van der Waals surface area contributed by atoms with Crippen molar-refractivity contribution in [1.82, 2.24) is 0 Å². The number of hydrogen-bond acceptors (Lipinski definition) is 2. The van der Waals surface area contributed by atoms with Crippen molar-refractivity contribution in [3.05, 3.63) is 35.4 Å². The van der Waals surface area contributed by atoms with E-state index >= 15 is 0 Å². The molecule has 0 bridgehead atoms. The van der Waals surface area contributed by atoms with Crippen LogP contribution in [0.15, 0.2) is 24.3 Å². The Balaban J connectivity index is 2.12. The fraction of sp³-hybridized carbons (Fsp3) is 0.600. The average molecular weight is 249 g/mol. The molecule has 0 amide bonds. The summed E-state index contributed by atoms with van der Waals surface area (Å²) in [7, 11) is 0. The van der Waals surface area contributed by atoms with Crippen LogP contribution in [-0.2, 0) is 5.41 Å². The summed E-state index contributed by atoms with van der Waals surface area (Å²) in [6.45, 7) is 6.73. The van der Waals surface area contributed by atoms with Crippen molar-refractivity contribution in [2.24, 2.45) is 5.73 Å². The highest BCUT2D eigenvalue weighted by Gasteiger charge is 2.24. The van der Waals surface area contributed by atoms with E-state index in [0.717, 1.165) is 0 Å². The van der Waals surface area contributed by atoms with E-state index in [1.54, 1.807) is 0 Å². The second kappa shape index (κ2) is 5.03. The van der Waals surface area contributed by atoms with Gasteiger partial charge < -0.3 is 5.73 Å². The minimum Gasteiger partial charge on any atom is -0.323 e. The summed E-state index contributed by atoms with van der Waals surface area (Å²) in [6.07, 6.45) is 2.59. The van der Waals surface area contributed by atoms with Gasteiger partial charge in [0.15, 0.2) is 0 Å². The van der Waals surface area contributed by atoms with Crippen LogP contribution in [0.5, 0.6) is 0 Å². The maximum atomic E-state index is 6.34. The summed E-state index contributed by atoms with van der Waals surface area (Å²) in [5.74, 6) is 1.28. The highest BCUT2D eigenvalue weighted by Crippen LogP contribution is 2.35. The van der Waals surface area contributed by atoms with Crippen molar-refractivity contribution in [3.8, 4) is 0 Å². The van der Waals surface area contributed by atoms with Gasteiger partial charge in [-0.3, -0.25) is 0 Å². The smallest absolute Gasteiger partial charge is 0.0415 e. The van der Waals surface area contributed by atoms with Gasteiger partial charge >= 0.3 is 0 Å². The average Bonchev–Trinajstić information content (AvgIpc) is 2.80. The molecule has 2 unspecified atom stereocenters. The van der Waals surface area contributed by atoms with Gasteiger partial charge in [-0.05, 0) is 35.1 Å². The molecular formula is C15H23NS. The fourth-order valence-corrected chi connectivity index (χ4v) is 3.64. The van der Waals surface area contributed by atoms with Crippen LogP contribution in [0.2, 0.25) is 0 Å². The third kappa shape index (κ3) is 3.05. The van der Waals surface area contributed by atoms with Gasteiger partial charge in [0, 0.05) is 11.3 Å². The number of rotatable bonds is 2. The van der Waals surface area contributed by atoms with Gasteiger partial charge in [0.05, 0.1) is 0 Å². The summed E-state index contributed by atoms with van der Waals surface area (Å²) in [5.41, 5.74) is 9.24. The van der Waals surface area contributed by atoms with E-state index in [4.69, 9.17) is 5.73 Å². The summed E-state index contributed by atoms with van der Waals surface area (Å²) in [5, 5.41) is 0.621. The molecule has 94 valence electrons. The first-order chi connectivity index (χ1) is 7.98. The zero-order valence-electron chi connectivity index (χ0n) is 11.1. The van der Waals surface area contributed by atoms with E-state index in [2.05, 4.69) is 45.0 Å². The molecule has 1 nitrogen and oxygen atoms in total. The molecule has 1 saturated heterocycles. The summed E-state index contributed by atoms with van der Waals surface area (Å²) < 4.78 is 0. The van der Waals surface area contributed by atoms with Crippen LogP contribution in [0.3, 0.4) is 0 Å². The minimum absolute atomic E-state index is 0.205. The number of nitrogens with two attached hydrogens (primary N) is 1. The van der Waals surface area contributed by atoms with Crippen molar-refractivity contribution in [2.75, 3.05) is 5.75 Å². The lowest BCUT2D eigenvalue weighted by molar-refractivity contribution is 0.588. The molecule has 0 spiro atoms. The number of hydrogen-bond donors (Lipinski definition) is 1. The Kier molecular flexibility index (Phi) is 3.84. The molecule has 2 rings (SSSR count). The van der Waals surface area contributed by atoms with Gasteiger partial charge in [0.25, 0.3) is 0 Å². The Morgan fingerprint density at radius 1 is 1.24 bits per heavy atom. The van der Waals surface area contributed by atoms with Gasteiger partial charge in [-0.1, -0.05) is 45.0 Å². The second-order valence-corrected chi connectivity index (χ2v) is 7.30. The standard InChI is InChI=1S/C15H23NS/c1-15(2,3)12-8-6-11(7-9-12)14(16)13-5-4-10-17-13/h6-9,13-14H,4-5,10,16H2,1-3H3. The molecule has 1 fully saturated rings. The van der Waals surface area contributed by atoms with E-state index in [-0.39, 0.29) is 11.5 Å². The Labute approximate surface area is 109 Å². The molecule has 0 saturated carbocycles. The van der Waals surface area contributed by atoms with Crippen molar-refractivity contribution < 1.29 is 0 Å². The van der Waals surface area contributed by atoms with E-state index in [9.17, 15) is 0 Å². The van der Waals surface area contributed by atoms with Crippen molar-refractivity contribution in [1.29, 1.82) is 0 Å². The third-order valence-corrected chi connectivity index (χ3v) is 5.01. The van der Waals surface area contributed by atoms with Crippen molar-refractivity contribution in [2.45, 2.75) is 50.3 Å². The number of benzene rings is 1. The summed E-state index contributed by atoms with van der Waals surface area (Å²) in [6, 6.07) is 9.09. The van der Waals surface area contributed by atoms with Crippen LogP contribution in [-0.4, -0.2) is 11.0 Å². The lowest BCUT2D eigenvalue weighted by atomic mass is 9.86. The predicted octanol–water partition coefficient (Wildman–Crippen LogP) is 3.88. The molecular weight excluding hydrogens is 226 g/mol. The van der Waals surface area contributed by atoms with Gasteiger partial charge in [0.2, 0.25) is 0 Å². The zero-order valence-corrected chi connectivity index (χ0v) is 11.9. The molecule has 0 aromatic heterocycles. The van der Waals surface area contributed by atoms with Crippen LogP contribution in [0.25, 0.3) is 0 Å². The Morgan fingerprint density at radius 3 is 2.35 bits per heavy atom. The van der Waals surface area contributed by atoms with Crippen molar-refractivity contribution in [3.63, 3.8) is 0 Å². The molecule has 1 aliphatic heterocycles. The molecule has 1 heterocycles. The second-order valence-electron chi connectivity index (χ2n) is 5.95.